The second-order valence-corrected chi connectivity index (χ2v) is 3.68. The van der Waals surface area contributed by atoms with Gasteiger partial charge in [-0.1, -0.05) is 0 Å². The molecule has 13 heavy (non-hydrogen) atoms. The van der Waals surface area contributed by atoms with Crippen LogP contribution in [0.2, 0.25) is 0 Å². The number of phosphoric acid groups is 2. The molecule has 0 rings (SSSR count). The molecule has 0 aromatic heterocycles. The van der Waals surface area contributed by atoms with Crippen LogP contribution in [-0.4, -0.2) is 225 Å². The SMILES string of the molecule is O=P(O)(O)OP(=O)(O)O.[KH].[KH].[KH].[KH]. The van der Waals surface area contributed by atoms with E-state index in [-0.39, 0.29) is 206 Å². The topological polar surface area (TPSA) is 124 Å². The fraction of sp³-hybridized carbons (Fsp3) is 0. The van der Waals surface area contributed by atoms with Gasteiger partial charge in [0.25, 0.3) is 0 Å². The van der Waals surface area contributed by atoms with Gasteiger partial charge in [0.15, 0.2) is 0 Å². The van der Waals surface area contributed by atoms with Crippen LogP contribution in [0, 0.1) is 0 Å². The molecular formula is H8K4O7P2. The molecule has 0 radical (unpaired) electrons. The van der Waals surface area contributed by atoms with E-state index in [0.717, 1.165) is 0 Å². The molecular weight excluding hydrogens is 330 g/mol. The molecule has 0 fully saturated rings. The molecule has 0 saturated carbocycles. The van der Waals surface area contributed by atoms with Crippen LogP contribution in [0.5, 0.6) is 0 Å². The second kappa shape index (κ2) is 15.2. The third kappa shape index (κ3) is 32.4. The van der Waals surface area contributed by atoms with Gasteiger partial charge in [-0.3, -0.25) is 0 Å². The molecule has 7 nitrogen and oxygen atoms in total. The third-order valence-corrected chi connectivity index (χ3v) is 1.91. The summed E-state index contributed by atoms with van der Waals surface area (Å²) in [6, 6.07) is 0. The Hall–Kier alpha value is 6.81. The molecule has 4 N–H and O–H groups in total. The van der Waals surface area contributed by atoms with E-state index in [2.05, 4.69) is 4.31 Å². The van der Waals surface area contributed by atoms with E-state index >= 15 is 0 Å². The van der Waals surface area contributed by atoms with Crippen LogP contribution in [0.1, 0.15) is 0 Å². The minimum atomic E-state index is -5.05. The first kappa shape index (κ1) is 32.0. The molecule has 0 aliphatic rings. The summed E-state index contributed by atoms with van der Waals surface area (Å²) in [6.07, 6.45) is 0. The van der Waals surface area contributed by atoms with Crippen molar-refractivity contribution < 1.29 is 33.0 Å². The van der Waals surface area contributed by atoms with E-state index in [1.165, 1.54) is 0 Å². The van der Waals surface area contributed by atoms with Crippen molar-refractivity contribution in [1.82, 2.24) is 0 Å². The monoisotopic (exact) mass is 338 g/mol. The maximum atomic E-state index is 9.63. The maximum absolute atomic E-state index is 9.63. The first-order valence-electron chi connectivity index (χ1n) is 1.53. The van der Waals surface area contributed by atoms with Crippen LogP contribution in [0.3, 0.4) is 0 Å². The Balaban J connectivity index is -0.0000000533. The summed E-state index contributed by atoms with van der Waals surface area (Å²) in [4.78, 5) is 31.0. The fourth-order valence-electron chi connectivity index (χ4n) is 0.139. The molecule has 0 atom stereocenters. The second-order valence-electron chi connectivity index (χ2n) is 1.06. The van der Waals surface area contributed by atoms with Gasteiger partial charge in [0.1, 0.15) is 0 Å². The van der Waals surface area contributed by atoms with Crippen LogP contribution in [0.4, 0.5) is 0 Å². The Bertz CT molecular complexity index is 159. The molecule has 0 bridgehead atoms. The summed E-state index contributed by atoms with van der Waals surface area (Å²) in [5.41, 5.74) is 0. The predicted octanol–water partition coefficient (Wildman–Crippen LogP) is -3.41. The molecule has 0 amide bonds. The van der Waals surface area contributed by atoms with Crippen molar-refractivity contribution in [3.05, 3.63) is 0 Å². The molecule has 13 heteroatoms. The van der Waals surface area contributed by atoms with Crippen LogP contribution >= 0.6 is 15.6 Å². The van der Waals surface area contributed by atoms with E-state index < -0.39 is 15.6 Å². The molecule has 0 heterocycles. The molecule has 0 aromatic carbocycles. The number of hydrogen-bond donors (Lipinski definition) is 4. The van der Waals surface area contributed by atoms with Gasteiger partial charge in [-0.25, -0.2) is 9.13 Å². The van der Waals surface area contributed by atoms with Crippen LogP contribution in [0.15, 0.2) is 0 Å². The Labute approximate surface area is 245 Å². The van der Waals surface area contributed by atoms with Gasteiger partial charge in [-0.2, -0.15) is 4.31 Å². The van der Waals surface area contributed by atoms with Crippen molar-refractivity contribution in [2.24, 2.45) is 0 Å². The summed E-state index contributed by atoms with van der Waals surface area (Å²) < 4.78 is 22.2. The van der Waals surface area contributed by atoms with E-state index in [4.69, 9.17) is 19.6 Å². The van der Waals surface area contributed by atoms with Crippen molar-refractivity contribution in [2.75, 3.05) is 0 Å². The standard InChI is InChI=1S/4K.H4O7P2.4H/c;;;;1-8(2,3)7-9(4,5)6;;;;/h;;;;(H2,1,2,3)(H2,4,5,6);;;;. The van der Waals surface area contributed by atoms with Gasteiger partial charge >= 0.3 is 221 Å². The molecule has 0 aliphatic carbocycles. The Kier molecular flexibility index (Phi) is 37.4. The van der Waals surface area contributed by atoms with E-state index in [1.54, 1.807) is 0 Å². The third-order valence-electron chi connectivity index (χ3n) is 0.213. The molecule has 0 unspecified atom stereocenters. The molecule has 0 saturated heterocycles. The molecule has 64 valence electrons. The summed E-state index contributed by atoms with van der Waals surface area (Å²) in [5.74, 6) is 0. The molecule has 0 aliphatic heterocycles. The van der Waals surface area contributed by atoms with Crippen molar-refractivity contribution >= 4 is 221 Å². The van der Waals surface area contributed by atoms with Crippen molar-refractivity contribution in [1.29, 1.82) is 0 Å². The van der Waals surface area contributed by atoms with Crippen LogP contribution in [0.25, 0.3) is 0 Å². The zero-order chi connectivity index (χ0) is 7.71. The van der Waals surface area contributed by atoms with Crippen LogP contribution in [-0.2, 0) is 13.4 Å². The summed E-state index contributed by atoms with van der Waals surface area (Å²) >= 11 is 0. The Morgan fingerprint density at radius 1 is 0.692 bits per heavy atom. The van der Waals surface area contributed by atoms with Crippen molar-refractivity contribution in [3.8, 4) is 0 Å². The Morgan fingerprint density at radius 2 is 0.846 bits per heavy atom. The summed E-state index contributed by atoms with van der Waals surface area (Å²) in [7, 11) is -10.1. The van der Waals surface area contributed by atoms with Crippen molar-refractivity contribution in [2.45, 2.75) is 0 Å². The number of hydrogen-bond acceptors (Lipinski definition) is 3. The summed E-state index contributed by atoms with van der Waals surface area (Å²) in [5, 5.41) is 0. The first-order valence-corrected chi connectivity index (χ1v) is 4.59. The minimum absolute atomic E-state index is 0. The average Bonchev–Trinajstić information content (AvgIpc) is 1.14. The quantitative estimate of drug-likeness (QED) is 0.305. The van der Waals surface area contributed by atoms with E-state index in [1.807, 2.05) is 0 Å². The van der Waals surface area contributed by atoms with Gasteiger partial charge in [-0.05, 0) is 0 Å². The van der Waals surface area contributed by atoms with E-state index in [0.29, 0.717) is 0 Å². The average molecular weight is 338 g/mol. The number of rotatable bonds is 2. The first-order chi connectivity index (χ1) is 3.71. The van der Waals surface area contributed by atoms with Crippen LogP contribution < -0.4 is 0 Å². The zero-order valence-electron chi connectivity index (χ0n) is 3.91. The van der Waals surface area contributed by atoms with Gasteiger partial charge in [0.05, 0.1) is 0 Å². The van der Waals surface area contributed by atoms with E-state index in [9.17, 15) is 9.13 Å². The Morgan fingerprint density at radius 3 is 0.846 bits per heavy atom. The zero-order valence-corrected chi connectivity index (χ0v) is 5.70. The van der Waals surface area contributed by atoms with Crippen molar-refractivity contribution in [3.63, 3.8) is 0 Å². The predicted molar refractivity (Wildman–Crippen MR) is 53.8 cm³/mol. The fourth-order valence-corrected chi connectivity index (χ4v) is 1.25. The molecule has 0 aromatic rings. The molecule has 0 spiro atoms. The van der Waals surface area contributed by atoms with Gasteiger partial charge in [0.2, 0.25) is 0 Å². The van der Waals surface area contributed by atoms with Gasteiger partial charge < -0.3 is 19.6 Å². The van der Waals surface area contributed by atoms with Gasteiger partial charge in [0, 0.05) is 0 Å². The normalized spacial score (nSPS) is 9.54. The summed E-state index contributed by atoms with van der Waals surface area (Å²) in [6.45, 7) is 0. The van der Waals surface area contributed by atoms with Gasteiger partial charge in [-0.15, -0.1) is 0 Å².